The van der Waals surface area contributed by atoms with Crippen LogP contribution in [0, 0.1) is 0 Å². The highest BCUT2D eigenvalue weighted by Gasteiger charge is 2.47. The van der Waals surface area contributed by atoms with E-state index < -0.39 is 0 Å². The number of amides is 2. The van der Waals surface area contributed by atoms with E-state index in [0.29, 0.717) is 13.1 Å². The zero-order chi connectivity index (χ0) is 22.1. The van der Waals surface area contributed by atoms with Gasteiger partial charge in [0.25, 0.3) is 0 Å². The molecule has 1 aliphatic heterocycles. The smallest absolute Gasteiger partial charge is 0.236 e. The van der Waals surface area contributed by atoms with Crippen molar-refractivity contribution >= 4 is 11.8 Å². The Kier molecular flexibility index (Phi) is 6.72. The molecule has 2 amide bonds. The van der Waals surface area contributed by atoms with Crippen molar-refractivity contribution in [2.45, 2.75) is 44.7 Å². The van der Waals surface area contributed by atoms with E-state index in [2.05, 4.69) is 50.2 Å². The molecule has 1 fully saturated rings. The summed E-state index contributed by atoms with van der Waals surface area (Å²) in [6.07, 6.45) is 0.890. The summed E-state index contributed by atoms with van der Waals surface area (Å²) in [4.78, 5) is 31.2. The number of nitrogens with zero attached hydrogens (tertiary/aromatic N) is 3. The SMILES string of the molecule is CCN(C)[C@@H]1Cc2ccc(OC)cc2C(C)(C)[C@H]1N(C)C(=O)CN1CCNC(=O)C1. The van der Waals surface area contributed by atoms with E-state index in [9.17, 15) is 9.59 Å². The molecule has 0 radical (unpaired) electrons. The van der Waals surface area contributed by atoms with E-state index in [1.165, 1.54) is 11.1 Å². The van der Waals surface area contributed by atoms with Crippen LogP contribution in [-0.2, 0) is 21.4 Å². The summed E-state index contributed by atoms with van der Waals surface area (Å²) in [6.45, 7) is 9.37. The van der Waals surface area contributed by atoms with Crippen LogP contribution in [0.2, 0.25) is 0 Å². The molecular weight excluding hydrogens is 380 g/mol. The quantitative estimate of drug-likeness (QED) is 0.753. The highest BCUT2D eigenvalue weighted by atomic mass is 16.5. The first kappa shape index (κ1) is 22.6. The third kappa shape index (κ3) is 4.32. The Balaban J connectivity index is 1.91. The Bertz CT molecular complexity index is 795. The summed E-state index contributed by atoms with van der Waals surface area (Å²) in [5, 5.41) is 2.82. The number of methoxy groups -OCH3 is 1. The van der Waals surface area contributed by atoms with Gasteiger partial charge in [-0.05, 0) is 43.3 Å². The lowest BCUT2D eigenvalue weighted by atomic mass is 9.66. The Morgan fingerprint density at radius 2 is 2.07 bits per heavy atom. The number of carbonyl (C=O) groups is 2. The number of benzene rings is 1. The lowest BCUT2D eigenvalue weighted by Gasteiger charge is -2.52. The van der Waals surface area contributed by atoms with E-state index in [1.807, 2.05) is 22.9 Å². The third-order valence-corrected chi connectivity index (χ3v) is 6.90. The zero-order valence-electron chi connectivity index (χ0n) is 19.2. The van der Waals surface area contributed by atoms with Crippen LogP contribution < -0.4 is 10.1 Å². The van der Waals surface area contributed by atoms with Crippen molar-refractivity contribution in [1.29, 1.82) is 0 Å². The van der Waals surface area contributed by atoms with Crippen LogP contribution in [0.3, 0.4) is 0 Å². The second-order valence-corrected chi connectivity index (χ2v) is 9.10. The van der Waals surface area contributed by atoms with Gasteiger partial charge in [-0.15, -0.1) is 0 Å². The molecule has 0 saturated carbocycles. The summed E-state index contributed by atoms with van der Waals surface area (Å²) >= 11 is 0. The molecular formula is C23H36N4O3. The fourth-order valence-corrected chi connectivity index (χ4v) is 5.10. The van der Waals surface area contributed by atoms with E-state index in [1.54, 1.807) is 7.11 Å². The Morgan fingerprint density at radius 3 is 2.70 bits per heavy atom. The fourth-order valence-electron chi connectivity index (χ4n) is 5.10. The molecule has 166 valence electrons. The van der Waals surface area contributed by atoms with E-state index in [0.717, 1.165) is 18.7 Å². The molecule has 1 aromatic carbocycles. The second kappa shape index (κ2) is 8.94. The van der Waals surface area contributed by atoms with Crippen molar-refractivity contribution in [1.82, 2.24) is 20.0 Å². The molecule has 0 aromatic heterocycles. The summed E-state index contributed by atoms with van der Waals surface area (Å²) in [5.74, 6) is 0.888. The minimum atomic E-state index is -0.250. The van der Waals surface area contributed by atoms with Gasteiger partial charge >= 0.3 is 0 Å². The number of piperazine rings is 1. The Morgan fingerprint density at radius 1 is 1.33 bits per heavy atom. The average Bonchev–Trinajstić information content (AvgIpc) is 2.72. The molecule has 1 saturated heterocycles. The minimum Gasteiger partial charge on any atom is -0.497 e. The first-order valence-corrected chi connectivity index (χ1v) is 10.8. The van der Waals surface area contributed by atoms with Crippen molar-refractivity contribution in [3.05, 3.63) is 29.3 Å². The number of ether oxygens (including phenoxy) is 1. The fraction of sp³-hybridized carbons (Fsp3) is 0.652. The van der Waals surface area contributed by atoms with E-state index >= 15 is 0 Å². The Labute approximate surface area is 180 Å². The van der Waals surface area contributed by atoms with Crippen molar-refractivity contribution in [2.75, 3.05) is 53.9 Å². The molecule has 0 spiro atoms. The van der Waals surface area contributed by atoms with Crippen LogP contribution in [0.1, 0.15) is 31.9 Å². The largest absolute Gasteiger partial charge is 0.497 e. The molecule has 0 bridgehead atoms. The van der Waals surface area contributed by atoms with Crippen molar-refractivity contribution in [3.63, 3.8) is 0 Å². The number of hydrogen-bond donors (Lipinski definition) is 1. The maximum absolute atomic E-state index is 13.3. The van der Waals surface area contributed by atoms with Crippen LogP contribution in [0.5, 0.6) is 5.75 Å². The van der Waals surface area contributed by atoms with Gasteiger partial charge in [0.15, 0.2) is 0 Å². The standard InChI is InChI=1S/C23H36N4O3/c1-7-25(4)19-12-16-8-9-17(30-6)13-18(16)23(2,3)22(19)26(5)21(29)15-27-11-10-24-20(28)14-27/h8-9,13,19,22H,7,10-12,14-15H2,1-6H3,(H,24,28)/t19-,22+/m1/s1. The molecule has 1 aromatic rings. The zero-order valence-corrected chi connectivity index (χ0v) is 19.2. The number of rotatable bonds is 6. The monoisotopic (exact) mass is 416 g/mol. The van der Waals surface area contributed by atoms with Gasteiger partial charge in [-0.2, -0.15) is 0 Å². The molecule has 7 heteroatoms. The molecule has 2 atom stereocenters. The number of nitrogens with one attached hydrogen (secondary N) is 1. The number of likely N-dealkylation sites (N-methyl/N-ethyl adjacent to an activating group) is 2. The summed E-state index contributed by atoms with van der Waals surface area (Å²) < 4.78 is 5.49. The molecule has 1 heterocycles. The molecule has 0 unspecified atom stereocenters. The van der Waals surface area contributed by atoms with Crippen molar-refractivity contribution < 1.29 is 14.3 Å². The van der Waals surface area contributed by atoms with Crippen LogP contribution in [0.4, 0.5) is 0 Å². The first-order chi connectivity index (χ1) is 14.2. The number of carbonyl (C=O) groups excluding carboxylic acids is 2. The number of fused-ring (bicyclic) bond motifs is 1. The highest BCUT2D eigenvalue weighted by Crippen LogP contribution is 2.42. The third-order valence-electron chi connectivity index (χ3n) is 6.90. The number of hydrogen-bond acceptors (Lipinski definition) is 5. The van der Waals surface area contributed by atoms with Gasteiger partial charge in [0.2, 0.25) is 11.8 Å². The highest BCUT2D eigenvalue weighted by molar-refractivity contribution is 5.82. The predicted molar refractivity (Wildman–Crippen MR) is 118 cm³/mol. The molecule has 1 aliphatic carbocycles. The van der Waals surface area contributed by atoms with Crippen molar-refractivity contribution in [2.24, 2.45) is 0 Å². The van der Waals surface area contributed by atoms with Gasteiger partial charge in [-0.1, -0.05) is 26.8 Å². The van der Waals surface area contributed by atoms with E-state index in [-0.39, 0.29) is 42.4 Å². The molecule has 7 nitrogen and oxygen atoms in total. The predicted octanol–water partition coefficient (Wildman–Crippen LogP) is 1.11. The van der Waals surface area contributed by atoms with Crippen LogP contribution in [-0.4, -0.2) is 92.5 Å². The van der Waals surface area contributed by atoms with Crippen LogP contribution >= 0.6 is 0 Å². The minimum absolute atomic E-state index is 0.00757. The second-order valence-electron chi connectivity index (χ2n) is 9.10. The maximum Gasteiger partial charge on any atom is 0.236 e. The Hall–Kier alpha value is -2.12. The molecule has 30 heavy (non-hydrogen) atoms. The lowest BCUT2D eigenvalue weighted by Crippen LogP contribution is -2.63. The van der Waals surface area contributed by atoms with E-state index in [4.69, 9.17) is 4.74 Å². The normalized spacial score (nSPS) is 23.6. The van der Waals surface area contributed by atoms with Gasteiger partial charge in [0.05, 0.1) is 26.2 Å². The molecule has 3 rings (SSSR count). The summed E-state index contributed by atoms with van der Waals surface area (Å²) in [7, 11) is 5.74. The first-order valence-electron chi connectivity index (χ1n) is 10.8. The summed E-state index contributed by atoms with van der Waals surface area (Å²) in [6, 6.07) is 6.53. The van der Waals surface area contributed by atoms with Crippen LogP contribution in [0.25, 0.3) is 0 Å². The average molecular weight is 417 g/mol. The molecule has 1 N–H and O–H groups in total. The molecule has 2 aliphatic rings. The lowest BCUT2D eigenvalue weighted by molar-refractivity contribution is -0.137. The maximum atomic E-state index is 13.3. The summed E-state index contributed by atoms with van der Waals surface area (Å²) in [5.41, 5.74) is 2.31. The van der Waals surface area contributed by atoms with Gasteiger partial charge in [0.1, 0.15) is 5.75 Å². The van der Waals surface area contributed by atoms with Crippen LogP contribution in [0.15, 0.2) is 18.2 Å². The van der Waals surface area contributed by atoms with Gasteiger partial charge in [-0.25, -0.2) is 0 Å². The van der Waals surface area contributed by atoms with Gasteiger partial charge in [-0.3, -0.25) is 14.5 Å². The van der Waals surface area contributed by atoms with Crippen molar-refractivity contribution in [3.8, 4) is 5.75 Å². The van der Waals surface area contributed by atoms with Gasteiger partial charge < -0.3 is 19.9 Å². The topological polar surface area (TPSA) is 65.1 Å². The van der Waals surface area contributed by atoms with Gasteiger partial charge in [0, 0.05) is 31.6 Å².